The lowest BCUT2D eigenvalue weighted by atomic mass is 9.88. The summed E-state index contributed by atoms with van der Waals surface area (Å²) in [7, 11) is 4.33. The molecule has 2 atom stereocenters. The first-order valence-electron chi connectivity index (χ1n) is 7.59. The van der Waals surface area contributed by atoms with Crippen molar-refractivity contribution in [1.82, 2.24) is 15.1 Å². The molecule has 1 N–H and O–H groups in total. The standard InChI is InChI=1S/C15H33N3/c1-7-15(8-2)12-18(14(4)11-16-15)13(3)9-10-17(5)6/h13-14,16H,7-12H2,1-6H3. The first-order chi connectivity index (χ1) is 8.44. The molecule has 0 aliphatic carbocycles. The molecule has 0 radical (unpaired) electrons. The predicted molar refractivity (Wildman–Crippen MR) is 80.1 cm³/mol. The topological polar surface area (TPSA) is 18.5 Å². The fourth-order valence-electron chi connectivity index (χ4n) is 2.97. The molecule has 1 heterocycles. The molecule has 108 valence electrons. The molecule has 2 unspecified atom stereocenters. The number of rotatable bonds is 6. The zero-order chi connectivity index (χ0) is 13.8. The maximum atomic E-state index is 3.78. The van der Waals surface area contributed by atoms with Crippen LogP contribution in [0.2, 0.25) is 0 Å². The summed E-state index contributed by atoms with van der Waals surface area (Å²) in [6, 6.07) is 1.34. The lowest BCUT2D eigenvalue weighted by Gasteiger charge is -2.49. The minimum absolute atomic E-state index is 0.346. The Morgan fingerprint density at radius 2 is 1.94 bits per heavy atom. The Morgan fingerprint density at radius 1 is 1.33 bits per heavy atom. The Labute approximate surface area is 114 Å². The lowest BCUT2D eigenvalue weighted by molar-refractivity contribution is 0.0449. The van der Waals surface area contributed by atoms with E-state index in [1.165, 1.54) is 32.4 Å². The summed E-state index contributed by atoms with van der Waals surface area (Å²) in [6.45, 7) is 12.9. The van der Waals surface area contributed by atoms with Gasteiger partial charge in [-0.15, -0.1) is 0 Å². The largest absolute Gasteiger partial charge is 0.309 e. The quantitative estimate of drug-likeness (QED) is 0.785. The van der Waals surface area contributed by atoms with Gasteiger partial charge >= 0.3 is 0 Å². The van der Waals surface area contributed by atoms with Gasteiger partial charge in [0.2, 0.25) is 0 Å². The Balaban J connectivity index is 2.61. The van der Waals surface area contributed by atoms with Gasteiger partial charge in [-0.05, 0) is 53.8 Å². The molecule has 3 heteroatoms. The van der Waals surface area contributed by atoms with Crippen LogP contribution in [0.4, 0.5) is 0 Å². The van der Waals surface area contributed by atoms with Crippen molar-refractivity contribution in [2.24, 2.45) is 0 Å². The number of nitrogens with zero attached hydrogens (tertiary/aromatic N) is 2. The SMILES string of the molecule is CCC1(CC)CN(C(C)CCN(C)C)C(C)CN1. The Hall–Kier alpha value is -0.120. The summed E-state index contributed by atoms with van der Waals surface area (Å²) >= 11 is 0. The fourth-order valence-corrected chi connectivity index (χ4v) is 2.97. The number of piperazine rings is 1. The molecule has 0 aromatic rings. The number of nitrogens with one attached hydrogen (secondary N) is 1. The number of hydrogen-bond donors (Lipinski definition) is 1. The van der Waals surface area contributed by atoms with Crippen LogP contribution >= 0.6 is 0 Å². The molecule has 18 heavy (non-hydrogen) atoms. The third-order valence-corrected chi connectivity index (χ3v) is 4.74. The smallest absolute Gasteiger partial charge is 0.0304 e. The predicted octanol–water partition coefficient (Wildman–Crippen LogP) is 2.18. The van der Waals surface area contributed by atoms with Gasteiger partial charge in [-0.1, -0.05) is 13.8 Å². The van der Waals surface area contributed by atoms with Gasteiger partial charge in [0.05, 0.1) is 0 Å². The monoisotopic (exact) mass is 255 g/mol. The maximum absolute atomic E-state index is 3.78. The van der Waals surface area contributed by atoms with Gasteiger partial charge < -0.3 is 10.2 Å². The second kappa shape index (κ2) is 6.88. The van der Waals surface area contributed by atoms with Crippen LogP contribution in [0.3, 0.4) is 0 Å². The van der Waals surface area contributed by atoms with Crippen molar-refractivity contribution in [3.05, 3.63) is 0 Å². The van der Waals surface area contributed by atoms with E-state index in [1.54, 1.807) is 0 Å². The molecule has 1 saturated heterocycles. The van der Waals surface area contributed by atoms with Crippen LogP contribution in [-0.2, 0) is 0 Å². The van der Waals surface area contributed by atoms with Crippen molar-refractivity contribution in [2.75, 3.05) is 33.7 Å². The summed E-state index contributed by atoms with van der Waals surface area (Å²) < 4.78 is 0. The van der Waals surface area contributed by atoms with E-state index in [-0.39, 0.29) is 0 Å². The minimum atomic E-state index is 0.346. The van der Waals surface area contributed by atoms with Crippen LogP contribution in [0.25, 0.3) is 0 Å². The van der Waals surface area contributed by atoms with Gasteiger partial charge in [0.15, 0.2) is 0 Å². The Kier molecular flexibility index (Phi) is 6.09. The summed E-state index contributed by atoms with van der Waals surface area (Å²) in [5.41, 5.74) is 0.346. The highest BCUT2D eigenvalue weighted by molar-refractivity contribution is 4.96. The number of hydrogen-bond acceptors (Lipinski definition) is 3. The molecule has 1 rings (SSSR count). The molecule has 3 nitrogen and oxygen atoms in total. The molecule has 1 aliphatic heterocycles. The molecule has 0 aromatic carbocycles. The molecule has 1 aliphatic rings. The summed E-state index contributed by atoms with van der Waals surface area (Å²) in [5, 5.41) is 3.78. The van der Waals surface area contributed by atoms with Gasteiger partial charge in [0, 0.05) is 30.7 Å². The van der Waals surface area contributed by atoms with Crippen LogP contribution in [0.1, 0.15) is 47.0 Å². The van der Waals surface area contributed by atoms with E-state index in [1.807, 2.05) is 0 Å². The minimum Gasteiger partial charge on any atom is -0.309 e. The van der Waals surface area contributed by atoms with Crippen molar-refractivity contribution in [3.63, 3.8) is 0 Å². The third kappa shape index (κ3) is 3.94. The zero-order valence-corrected chi connectivity index (χ0v) is 13.3. The van der Waals surface area contributed by atoms with E-state index in [9.17, 15) is 0 Å². The molecule has 0 aromatic heterocycles. The summed E-state index contributed by atoms with van der Waals surface area (Å²) in [6.07, 6.45) is 3.72. The van der Waals surface area contributed by atoms with Gasteiger partial charge in [0.1, 0.15) is 0 Å². The van der Waals surface area contributed by atoms with Gasteiger partial charge in [0.25, 0.3) is 0 Å². The highest BCUT2D eigenvalue weighted by atomic mass is 15.3. The molecule has 0 saturated carbocycles. The average Bonchev–Trinajstić information content (AvgIpc) is 2.37. The van der Waals surface area contributed by atoms with Crippen LogP contribution < -0.4 is 5.32 Å². The van der Waals surface area contributed by atoms with Crippen molar-refractivity contribution in [2.45, 2.75) is 64.6 Å². The maximum Gasteiger partial charge on any atom is 0.0304 e. The Bertz CT molecular complexity index is 236. The first kappa shape index (κ1) is 15.9. The van der Waals surface area contributed by atoms with E-state index < -0.39 is 0 Å². The Morgan fingerprint density at radius 3 is 2.44 bits per heavy atom. The zero-order valence-electron chi connectivity index (χ0n) is 13.3. The van der Waals surface area contributed by atoms with E-state index in [2.05, 4.69) is 56.9 Å². The highest BCUT2D eigenvalue weighted by Gasteiger charge is 2.36. The van der Waals surface area contributed by atoms with Crippen LogP contribution in [0, 0.1) is 0 Å². The van der Waals surface area contributed by atoms with Gasteiger partial charge in [-0.2, -0.15) is 0 Å². The van der Waals surface area contributed by atoms with Crippen molar-refractivity contribution >= 4 is 0 Å². The van der Waals surface area contributed by atoms with Crippen molar-refractivity contribution < 1.29 is 0 Å². The normalized spacial score (nSPS) is 26.5. The molecule has 0 spiro atoms. The van der Waals surface area contributed by atoms with E-state index >= 15 is 0 Å². The highest BCUT2D eigenvalue weighted by Crippen LogP contribution is 2.25. The molecule has 0 bridgehead atoms. The molecule has 1 fully saturated rings. The molecular weight excluding hydrogens is 222 g/mol. The van der Waals surface area contributed by atoms with E-state index in [4.69, 9.17) is 0 Å². The van der Waals surface area contributed by atoms with Crippen LogP contribution in [-0.4, -0.2) is 61.2 Å². The molecular formula is C15H33N3. The van der Waals surface area contributed by atoms with Crippen molar-refractivity contribution in [3.8, 4) is 0 Å². The lowest BCUT2D eigenvalue weighted by Crippen LogP contribution is -2.64. The van der Waals surface area contributed by atoms with Crippen LogP contribution in [0.15, 0.2) is 0 Å². The van der Waals surface area contributed by atoms with Gasteiger partial charge in [-0.3, -0.25) is 4.90 Å². The molecule has 0 amide bonds. The van der Waals surface area contributed by atoms with E-state index in [0.717, 1.165) is 6.54 Å². The first-order valence-corrected chi connectivity index (χ1v) is 7.59. The third-order valence-electron chi connectivity index (χ3n) is 4.74. The average molecular weight is 255 g/mol. The van der Waals surface area contributed by atoms with Crippen molar-refractivity contribution in [1.29, 1.82) is 0 Å². The second-order valence-corrected chi connectivity index (χ2v) is 6.33. The van der Waals surface area contributed by atoms with Gasteiger partial charge in [-0.25, -0.2) is 0 Å². The second-order valence-electron chi connectivity index (χ2n) is 6.33. The summed E-state index contributed by atoms with van der Waals surface area (Å²) in [4.78, 5) is 5.00. The fraction of sp³-hybridized carbons (Fsp3) is 1.00. The summed E-state index contributed by atoms with van der Waals surface area (Å²) in [5.74, 6) is 0. The van der Waals surface area contributed by atoms with Crippen LogP contribution in [0.5, 0.6) is 0 Å². The van der Waals surface area contributed by atoms with E-state index in [0.29, 0.717) is 17.6 Å².